The molecule has 21 nitrogen and oxygen atoms in total. The Hall–Kier alpha value is -6.45. The molecule has 3 heterocycles. The lowest BCUT2D eigenvalue weighted by Gasteiger charge is -2.26. The number of aromatic nitrogens is 3. The SMILES string of the molecule is CSCC[C@H](NC(=O)[C@H](CC(C)C)NC(=O)[C@H](Cc1cnc[nH]1)NC(=O)CNC(=O)[C@@H](NC(=O)[C@H](C)NC(=O)[C@H](Cc1c[nH]c2ccccc12)NC(=O)[C@@H]1CCC(=O)N1)C(C)C)C(N)=O. The van der Waals surface area contributed by atoms with Crippen molar-refractivity contribution in [2.24, 2.45) is 17.6 Å². The van der Waals surface area contributed by atoms with E-state index in [0.717, 1.165) is 16.5 Å². The standard InChI is InChI=1S/C43H62N12O9S/c1-22(2)15-31(41(62)52-29(37(44)58)13-14-65-6)53-42(63)33(17-26-19-45-21-48-26)51-35(57)20-47-43(64)36(23(3)4)55-38(59)24(5)49-40(61)32(54-39(60)30-11-12-34(56)50-30)16-25-18-46-28-10-8-7-9-27(25)28/h7-10,18-19,21-24,29-33,36,46H,11-17,20H2,1-6H3,(H2,44,58)(H,45,48)(H,47,64)(H,49,61)(H,50,56)(H,51,57)(H,52,62)(H,53,63)(H,54,60)(H,55,59)/t24-,29-,30-,31-,32-,33-,36-/m0/s1. The molecule has 1 saturated heterocycles. The molecule has 4 rings (SSSR count). The van der Waals surface area contributed by atoms with Gasteiger partial charge in [-0.3, -0.25) is 43.2 Å². The van der Waals surface area contributed by atoms with Crippen molar-refractivity contribution < 1.29 is 43.2 Å². The molecule has 22 heteroatoms. The number of primary amides is 1. The van der Waals surface area contributed by atoms with Gasteiger partial charge >= 0.3 is 0 Å². The second kappa shape index (κ2) is 24.6. The van der Waals surface area contributed by atoms with Gasteiger partial charge in [0.2, 0.25) is 53.2 Å². The van der Waals surface area contributed by atoms with Crippen molar-refractivity contribution >= 4 is 75.8 Å². The molecular weight excluding hydrogens is 861 g/mol. The summed E-state index contributed by atoms with van der Waals surface area (Å²) in [6, 6.07) is -0.140. The smallest absolute Gasteiger partial charge is 0.243 e. The maximum atomic E-state index is 13.8. The summed E-state index contributed by atoms with van der Waals surface area (Å²) in [6.07, 6.45) is 7.39. The highest BCUT2D eigenvalue weighted by atomic mass is 32.2. The molecule has 0 spiro atoms. The number of nitrogens with zero attached hydrogens (tertiary/aromatic N) is 1. The largest absolute Gasteiger partial charge is 0.368 e. The highest BCUT2D eigenvalue weighted by Crippen LogP contribution is 2.20. The maximum Gasteiger partial charge on any atom is 0.243 e. The summed E-state index contributed by atoms with van der Waals surface area (Å²) in [5.41, 5.74) is 7.57. The highest BCUT2D eigenvalue weighted by molar-refractivity contribution is 7.98. The van der Waals surface area contributed by atoms with Crippen LogP contribution < -0.4 is 48.3 Å². The number of imidazole rings is 1. The molecule has 3 aromatic rings. The van der Waals surface area contributed by atoms with E-state index in [4.69, 9.17) is 5.73 Å². The number of carbonyl (C=O) groups excluding carboxylic acids is 9. The average Bonchev–Trinajstić information content (AvgIpc) is 4.04. The van der Waals surface area contributed by atoms with Crippen LogP contribution in [0.5, 0.6) is 0 Å². The maximum absolute atomic E-state index is 13.8. The quantitative estimate of drug-likeness (QED) is 0.0487. The van der Waals surface area contributed by atoms with Gasteiger partial charge in [-0.1, -0.05) is 45.9 Å². The normalized spacial score (nSPS) is 16.3. The van der Waals surface area contributed by atoms with Gasteiger partial charge in [0.05, 0.1) is 12.9 Å². The number of fused-ring (bicyclic) bond motifs is 1. The van der Waals surface area contributed by atoms with Gasteiger partial charge in [0.25, 0.3) is 0 Å². The van der Waals surface area contributed by atoms with Crippen LogP contribution >= 0.6 is 11.8 Å². The Morgan fingerprint density at radius 3 is 2.11 bits per heavy atom. The number of thioether (sulfide) groups is 1. The summed E-state index contributed by atoms with van der Waals surface area (Å²) in [5, 5.41) is 21.9. The van der Waals surface area contributed by atoms with Gasteiger partial charge in [-0.15, -0.1) is 0 Å². The monoisotopic (exact) mass is 922 g/mol. The Balaban J connectivity index is 1.38. The van der Waals surface area contributed by atoms with Gasteiger partial charge in [-0.05, 0) is 61.7 Å². The number of para-hydroxylation sites is 1. The van der Waals surface area contributed by atoms with E-state index in [1.54, 1.807) is 20.0 Å². The van der Waals surface area contributed by atoms with E-state index in [1.165, 1.54) is 31.2 Å². The molecule has 2 aromatic heterocycles. The van der Waals surface area contributed by atoms with E-state index >= 15 is 0 Å². The number of H-pyrrole nitrogens is 2. The molecule has 1 aromatic carbocycles. The average molecular weight is 923 g/mol. The minimum atomic E-state index is -1.24. The second-order valence-electron chi connectivity index (χ2n) is 16.8. The van der Waals surface area contributed by atoms with E-state index < -0.39 is 102 Å². The molecule has 1 aliphatic heterocycles. The molecule has 0 radical (unpaired) electrons. The van der Waals surface area contributed by atoms with Crippen LogP contribution in [0, 0.1) is 11.8 Å². The van der Waals surface area contributed by atoms with E-state index in [9.17, 15) is 43.2 Å². The molecule has 1 fully saturated rings. The Morgan fingerprint density at radius 1 is 0.800 bits per heavy atom. The zero-order valence-corrected chi connectivity index (χ0v) is 38.3. The van der Waals surface area contributed by atoms with E-state index in [1.807, 2.05) is 44.4 Å². The van der Waals surface area contributed by atoms with Gasteiger partial charge in [0, 0.05) is 48.3 Å². The molecule has 354 valence electrons. The first-order valence-corrected chi connectivity index (χ1v) is 22.9. The Labute approximate surface area is 381 Å². The number of hydrogen-bond acceptors (Lipinski definition) is 11. The number of carbonyl (C=O) groups is 9. The fourth-order valence-electron chi connectivity index (χ4n) is 7.12. The number of aromatic amines is 2. The molecule has 7 atom stereocenters. The molecular formula is C43H62N12O9S. The van der Waals surface area contributed by atoms with Crippen molar-refractivity contribution in [1.82, 2.24) is 57.5 Å². The van der Waals surface area contributed by atoms with Gasteiger partial charge in [0.1, 0.15) is 42.3 Å². The zero-order chi connectivity index (χ0) is 47.8. The van der Waals surface area contributed by atoms with Crippen molar-refractivity contribution in [2.75, 3.05) is 18.6 Å². The van der Waals surface area contributed by atoms with Crippen molar-refractivity contribution in [1.29, 1.82) is 0 Å². The lowest BCUT2D eigenvalue weighted by atomic mass is 10.0. The number of rotatable bonds is 25. The molecule has 0 unspecified atom stereocenters. The molecule has 0 aliphatic carbocycles. The fraction of sp³-hybridized carbons (Fsp3) is 0.535. The first-order chi connectivity index (χ1) is 30.9. The summed E-state index contributed by atoms with van der Waals surface area (Å²) in [4.78, 5) is 128. The summed E-state index contributed by atoms with van der Waals surface area (Å²) < 4.78 is 0. The lowest BCUT2D eigenvalue weighted by molar-refractivity contribution is -0.135. The van der Waals surface area contributed by atoms with Gasteiger partial charge in [0.15, 0.2) is 0 Å². The van der Waals surface area contributed by atoms with Gasteiger partial charge in [-0.2, -0.15) is 11.8 Å². The first-order valence-electron chi connectivity index (χ1n) is 21.5. The van der Waals surface area contributed by atoms with Crippen molar-refractivity contribution in [3.05, 3.63) is 54.2 Å². The molecule has 0 bridgehead atoms. The van der Waals surface area contributed by atoms with Crippen LogP contribution in [0.25, 0.3) is 10.9 Å². The van der Waals surface area contributed by atoms with E-state index in [0.29, 0.717) is 17.9 Å². The summed E-state index contributed by atoms with van der Waals surface area (Å²) >= 11 is 1.48. The predicted molar refractivity (Wildman–Crippen MR) is 242 cm³/mol. The van der Waals surface area contributed by atoms with Crippen LogP contribution in [-0.4, -0.2) is 129 Å². The number of amides is 9. The molecule has 9 amide bonds. The van der Waals surface area contributed by atoms with Crippen LogP contribution in [0.15, 0.2) is 43.0 Å². The van der Waals surface area contributed by atoms with E-state index in [-0.39, 0.29) is 43.9 Å². The summed E-state index contributed by atoms with van der Waals surface area (Å²) in [6.45, 7) is 7.87. The Kier molecular flexibility index (Phi) is 19.3. The number of hydrogen-bond donors (Lipinski definition) is 11. The van der Waals surface area contributed by atoms with Crippen LogP contribution in [0.4, 0.5) is 0 Å². The van der Waals surface area contributed by atoms with Crippen LogP contribution in [0.2, 0.25) is 0 Å². The van der Waals surface area contributed by atoms with Crippen LogP contribution in [-0.2, 0) is 56.0 Å². The molecule has 65 heavy (non-hydrogen) atoms. The molecule has 12 N–H and O–H groups in total. The second-order valence-corrected chi connectivity index (χ2v) is 17.8. The Morgan fingerprint density at radius 2 is 1.48 bits per heavy atom. The molecule has 0 saturated carbocycles. The van der Waals surface area contributed by atoms with Crippen molar-refractivity contribution in [2.45, 2.75) is 115 Å². The number of nitrogens with one attached hydrogen (secondary N) is 10. The van der Waals surface area contributed by atoms with Crippen molar-refractivity contribution in [3.8, 4) is 0 Å². The third-order valence-electron chi connectivity index (χ3n) is 10.7. The van der Waals surface area contributed by atoms with Gasteiger partial charge < -0.3 is 58.2 Å². The zero-order valence-electron chi connectivity index (χ0n) is 37.5. The van der Waals surface area contributed by atoms with Crippen LogP contribution in [0.1, 0.15) is 71.6 Å². The third kappa shape index (κ3) is 15.6. The summed E-state index contributed by atoms with van der Waals surface area (Å²) in [7, 11) is 0. The Bertz CT molecular complexity index is 2160. The third-order valence-corrected chi connectivity index (χ3v) is 11.4. The highest BCUT2D eigenvalue weighted by Gasteiger charge is 2.34. The van der Waals surface area contributed by atoms with Crippen molar-refractivity contribution in [3.63, 3.8) is 0 Å². The minimum Gasteiger partial charge on any atom is -0.368 e. The predicted octanol–water partition coefficient (Wildman–Crippen LogP) is -1.06. The number of nitrogens with two attached hydrogens (primary N) is 1. The summed E-state index contributed by atoms with van der Waals surface area (Å²) in [5.74, 6) is -5.72. The first kappa shape index (κ1) is 51.2. The van der Waals surface area contributed by atoms with Gasteiger partial charge in [-0.25, -0.2) is 4.98 Å². The lowest BCUT2D eigenvalue weighted by Crippen LogP contribution is -2.59. The minimum absolute atomic E-state index is 0.0533. The topological polar surface area (TPSA) is 320 Å². The fourth-order valence-corrected chi connectivity index (χ4v) is 7.59. The van der Waals surface area contributed by atoms with Crippen LogP contribution in [0.3, 0.4) is 0 Å². The number of benzene rings is 1. The molecule has 1 aliphatic rings. The van der Waals surface area contributed by atoms with E-state index in [2.05, 4.69) is 57.5 Å².